The van der Waals surface area contributed by atoms with Gasteiger partial charge in [0.2, 0.25) is 0 Å². The van der Waals surface area contributed by atoms with Crippen molar-refractivity contribution in [3.05, 3.63) is 53.9 Å². The van der Waals surface area contributed by atoms with Crippen molar-refractivity contribution in [2.75, 3.05) is 11.9 Å². The molecule has 2 aromatic rings. The Balaban J connectivity index is 2.11. The molecule has 1 heterocycles. The Morgan fingerprint density at radius 3 is 2.59 bits per heavy atom. The van der Waals surface area contributed by atoms with E-state index in [2.05, 4.69) is 10.3 Å². The minimum Gasteiger partial charge on any atom is -0.363 e. The average Bonchev–Trinajstić information content (AvgIpc) is 2.48. The zero-order valence-electron chi connectivity index (χ0n) is 11.8. The summed E-state index contributed by atoms with van der Waals surface area (Å²) in [7, 11) is 0. The fourth-order valence-corrected chi connectivity index (χ4v) is 1.81. The summed E-state index contributed by atoms with van der Waals surface area (Å²) in [5.74, 6) is 0. The summed E-state index contributed by atoms with van der Waals surface area (Å²) < 4.78 is 42.9. The van der Waals surface area contributed by atoms with Crippen LogP contribution in [0.25, 0.3) is 0 Å². The maximum Gasteiger partial charge on any atom is 0.416 e. The quantitative estimate of drug-likeness (QED) is 0.823. The lowest BCUT2D eigenvalue weighted by Crippen LogP contribution is -2.06. The molecule has 0 saturated heterocycles. The Bertz CT molecular complexity index is 615. The largest absolute Gasteiger partial charge is 0.416 e. The van der Waals surface area contributed by atoms with E-state index in [0.29, 0.717) is 23.7 Å². The number of nitrogens with one attached hydrogen (secondary N) is 1. The molecule has 2 N–H and O–H groups in total. The summed E-state index contributed by atoms with van der Waals surface area (Å²) in [6.45, 7) is 2.08. The van der Waals surface area contributed by atoms with Gasteiger partial charge in [-0.2, -0.15) is 13.2 Å². The van der Waals surface area contributed by atoms with Crippen molar-refractivity contribution in [3.8, 4) is 0 Å². The maximum absolute atomic E-state index is 12.6. The second-order valence-electron chi connectivity index (χ2n) is 4.48. The molecule has 4 nitrogen and oxygen atoms in total. The SMILES string of the molecule is CCOC(O)c1ccc(Nc2cccc(C(F)(F)F)c2)cn1. The Labute approximate surface area is 125 Å². The van der Waals surface area contributed by atoms with Crippen LogP contribution in [0.2, 0.25) is 0 Å². The predicted molar refractivity (Wildman–Crippen MR) is 75.5 cm³/mol. The van der Waals surface area contributed by atoms with Crippen molar-refractivity contribution in [1.29, 1.82) is 0 Å². The van der Waals surface area contributed by atoms with Crippen molar-refractivity contribution < 1.29 is 23.0 Å². The lowest BCUT2D eigenvalue weighted by Gasteiger charge is -2.12. The lowest BCUT2D eigenvalue weighted by molar-refractivity contribution is -0.137. The molecule has 7 heteroatoms. The number of nitrogens with zero attached hydrogens (tertiary/aromatic N) is 1. The molecule has 0 bridgehead atoms. The van der Waals surface area contributed by atoms with Crippen LogP contribution in [-0.4, -0.2) is 16.7 Å². The number of anilines is 2. The molecule has 2 rings (SSSR count). The number of rotatable bonds is 5. The van der Waals surface area contributed by atoms with E-state index in [9.17, 15) is 18.3 Å². The molecule has 0 radical (unpaired) electrons. The molecule has 1 unspecified atom stereocenters. The van der Waals surface area contributed by atoms with Crippen LogP contribution in [0.4, 0.5) is 24.5 Å². The molecular formula is C15H15F3N2O2. The van der Waals surface area contributed by atoms with Crippen LogP contribution >= 0.6 is 0 Å². The number of hydrogen-bond acceptors (Lipinski definition) is 4. The van der Waals surface area contributed by atoms with Gasteiger partial charge in [0.05, 0.1) is 23.1 Å². The molecule has 0 fully saturated rings. The highest BCUT2D eigenvalue weighted by atomic mass is 19.4. The van der Waals surface area contributed by atoms with Gasteiger partial charge in [0.1, 0.15) is 0 Å². The fourth-order valence-electron chi connectivity index (χ4n) is 1.81. The van der Waals surface area contributed by atoms with E-state index < -0.39 is 18.0 Å². The molecular weight excluding hydrogens is 297 g/mol. The topological polar surface area (TPSA) is 54.4 Å². The van der Waals surface area contributed by atoms with Crippen LogP contribution in [0, 0.1) is 0 Å². The molecule has 0 aliphatic heterocycles. The van der Waals surface area contributed by atoms with Gasteiger partial charge in [-0.1, -0.05) is 6.07 Å². The molecule has 22 heavy (non-hydrogen) atoms. The number of aliphatic hydroxyl groups is 1. The smallest absolute Gasteiger partial charge is 0.363 e. The second kappa shape index (κ2) is 6.76. The highest BCUT2D eigenvalue weighted by molar-refractivity contribution is 5.59. The summed E-state index contributed by atoms with van der Waals surface area (Å²) in [5.41, 5.74) is 0.409. The van der Waals surface area contributed by atoms with Crippen molar-refractivity contribution in [2.45, 2.75) is 19.4 Å². The number of aromatic nitrogens is 1. The van der Waals surface area contributed by atoms with E-state index in [0.717, 1.165) is 12.1 Å². The Morgan fingerprint density at radius 1 is 1.23 bits per heavy atom. The molecule has 0 aliphatic rings. The zero-order valence-corrected chi connectivity index (χ0v) is 11.8. The molecule has 118 valence electrons. The Kier molecular flexibility index (Phi) is 4.99. The molecule has 1 aromatic heterocycles. The minimum atomic E-state index is -4.39. The third-order valence-corrected chi connectivity index (χ3v) is 2.84. The number of aliphatic hydroxyl groups excluding tert-OH is 1. The number of benzene rings is 1. The summed E-state index contributed by atoms with van der Waals surface area (Å²) in [4.78, 5) is 4.00. The van der Waals surface area contributed by atoms with E-state index in [-0.39, 0.29) is 0 Å². The van der Waals surface area contributed by atoms with Crippen molar-refractivity contribution in [3.63, 3.8) is 0 Å². The molecule has 0 amide bonds. The standard InChI is InChI=1S/C15H15F3N2O2/c1-2-22-14(21)13-7-6-12(9-19-13)20-11-5-3-4-10(8-11)15(16,17)18/h3-9,14,20-21H,2H2,1H3. The monoisotopic (exact) mass is 312 g/mol. The van der Waals surface area contributed by atoms with Crippen molar-refractivity contribution in [1.82, 2.24) is 4.98 Å². The molecule has 1 atom stereocenters. The first kappa shape index (κ1) is 16.3. The summed E-state index contributed by atoms with van der Waals surface area (Å²) in [6, 6.07) is 8.01. The number of halogens is 3. The molecule has 1 aromatic carbocycles. The summed E-state index contributed by atoms with van der Waals surface area (Å²) in [5, 5.41) is 12.4. The van der Waals surface area contributed by atoms with Gasteiger partial charge >= 0.3 is 6.18 Å². The van der Waals surface area contributed by atoms with Crippen molar-refractivity contribution >= 4 is 11.4 Å². The zero-order chi connectivity index (χ0) is 16.2. The van der Waals surface area contributed by atoms with Crippen LogP contribution in [0.1, 0.15) is 24.5 Å². The van der Waals surface area contributed by atoms with Gasteiger partial charge in [0, 0.05) is 12.3 Å². The van der Waals surface area contributed by atoms with Gasteiger partial charge in [0.25, 0.3) is 0 Å². The van der Waals surface area contributed by atoms with Crippen LogP contribution in [0.5, 0.6) is 0 Å². The predicted octanol–water partition coefficient (Wildman–Crippen LogP) is 3.87. The van der Waals surface area contributed by atoms with Gasteiger partial charge in [-0.3, -0.25) is 4.98 Å². The molecule has 0 spiro atoms. The summed E-state index contributed by atoms with van der Waals surface area (Å²) >= 11 is 0. The van der Waals surface area contributed by atoms with Gasteiger partial charge in [-0.05, 0) is 37.3 Å². The van der Waals surface area contributed by atoms with Crippen molar-refractivity contribution in [2.24, 2.45) is 0 Å². The lowest BCUT2D eigenvalue weighted by atomic mass is 10.2. The van der Waals surface area contributed by atoms with Gasteiger partial charge in [-0.15, -0.1) is 0 Å². The molecule has 0 aliphatic carbocycles. The van der Waals surface area contributed by atoms with E-state index in [1.165, 1.54) is 24.4 Å². The van der Waals surface area contributed by atoms with E-state index in [1.54, 1.807) is 13.0 Å². The normalized spacial score (nSPS) is 13.0. The first-order valence-electron chi connectivity index (χ1n) is 6.60. The minimum absolute atomic E-state index is 0.301. The third kappa shape index (κ3) is 4.19. The first-order chi connectivity index (χ1) is 10.4. The third-order valence-electron chi connectivity index (χ3n) is 2.84. The number of alkyl halides is 3. The fraction of sp³-hybridized carbons (Fsp3) is 0.267. The Morgan fingerprint density at radius 2 is 2.00 bits per heavy atom. The van der Waals surface area contributed by atoms with E-state index >= 15 is 0 Å². The number of ether oxygens (including phenoxy) is 1. The second-order valence-corrected chi connectivity index (χ2v) is 4.48. The van der Waals surface area contributed by atoms with E-state index in [1.807, 2.05) is 0 Å². The highest BCUT2D eigenvalue weighted by Crippen LogP contribution is 2.31. The number of pyridine rings is 1. The number of hydrogen-bond donors (Lipinski definition) is 2. The molecule has 0 saturated carbocycles. The van der Waals surface area contributed by atoms with Crippen LogP contribution in [0.15, 0.2) is 42.6 Å². The van der Waals surface area contributed by atoms with Crippen LogP contribution < -0.4 is 5.32 Å². The van der Waals surface area contributed by atoms with Gasteiger partial charge in [-0.25, -0.2) is 0 Å². The van der Waals surface area contributed by atoms with Gasteiger partial charge < -0.3 is 15.2 Å². The van der Waals surface area contributed by atoms with Gasteiger partial charge in [0.15, 0.2) is 6.29 Å². The Hall–Kier alpha value is -2.12. The maximum atomic E-state index is 12.6. The van der Waals surface area contributed by atoms with Crippen LogP contribution in [0.3, 0.4) is 0 Å². The highest BCUT2D eigenvalue weighted by Gasteiger charge is 2.30. The first-order valence-corrected chi connectivity index (χ1v) is 6.60. The van der Waals surface area contributed by atoms with Crippen LogP contribution in [-0.2, 0) is 10.9 Å². The van der Waals surface area contributed by atoms with E-state index in [4.69, 9.17) is 4.74 Å². The summed E-state index contributed by atoms with van der Waals surface area (Å²) in [6.07, 6.45) is -4.09. The average molecular weight is 312 g/mol.